The van der Waals surface area contributed by atoms with Crippen molar-refractivity contribution in [3.8, 4) is 11.5 Å². The SMILES string of the molecule is COc1cc(Br)c(C(O)CNC2CC2)cc1OC. The minimum Gasteiger partial charge on any atom is -0.493 e. The van der Waals surface area contributed by atoms with Gasteiger partial charge >= 0.3 is 0 Å². The lowest BCUT2D eigenvalue weighted by atomic mass is 10.1. The third-order valence-corrected chi connectivity index (χ3v) is 3.73. The summed E-state index contributed by atoms with van der Waals surface area (Å²) in [6.07, 6.45) is 1.86. The van der Waals surface area contributed by atoms with Gasteiger partial charge in [0.1, 0.15) is 0 Å². The van der Waals surface area contributed by atoms with Crippen LogP contribution in [-0.2, 0) is 0 Å². The molecule has 0 bridgehead atoms. The molecule has 5 heteroatoms. The number of benzene rings is 1. The number of nitrogens with one attached hydrogen (secondary N) is 1. The van der Waals surface area contributed by atoms with Crippen molar-refractivity contribution >= 4 is 15.9 Å². The monoisotopic (exact) mass is 315 g/mol. The highest BCUT2D eigenvalue weighted by Gasteiger charge is 2.23. The van der Waals surface area contributed by atoms with Gasteiger partial charge in [0.2, 0.25) is 0 Å². The number of ether oxygens (including phenoxy) is 2. The third kappa shape index (κ3) is 3.16. The summed E-state index contributed by atoms with van der Waals surface area (Å²) < 4.78 is 11.3. The second kappa shape index (κ2) is 5.91. The van der Waals surface area contributed by atoms with Gasteiger partial charge in [0.05, 0.1) is 20.3 Å². The van der Waals surface area contributed by atoms with Crippen LogP contribution in [-0.4, -0.2) is 31.9 Å². The molecule has 2 N–H and O–H groups in total. The molecule has 0 radical (unpaired) electrons. The first kappa shape index (κ1) is 13.6. The van der Waals surface area contributed by atoms with Gasteiger partial charge in [-0.2, -0.15) is 0 Å². The molecule has 1 saturated carbocycles. The van der Waals surface area contributed by atoms with Crippen LogP contribution < -0.4 is 14.8 Å². The van der Waals surface area contributed by atoms with E-state index in [1.54, 1.807) is 14.2 Å². The largest absolute Gasteiger partial charge is 0.493 e. The average molecular weight is 316 g/mol. The molecule has 1 fully saturated rings. The van der Waals surface area contributed by atoms with E-state index >= 15 is 0 Å². The van der Waals surface area contributed by atoms with Crippen molar-refractivity contribution in [3.63, 3.8) is 0 Å². The fraction of sp³-hybridized carbons (Fsp3) is 0.538. The van der Waals surface area contributed by atoms with E-state index in [2.05, 4.69) is 21.2 Å². The molecule has 0 saturated heterocycles. The predicted octanol–water partition coefficient (Wildman–Crippen LogP) is 2.25. The molecule has 1 aliphatic carbocycles. The first-order valence-corrected chi connectivity index (χ1v) is 6.78. The maximum Gasteiger partial charge on any atom is 0.161 e. The first-order valence-electron chi connectivity index (χ1n) is 5.98. The van der Waals surface area contributed by atoms with Crippen molar-refractivity contribution < 1.29 is 14.6 Å². The van der Waals surface area contributed by atoms with Gasteiger partial charge in [0, 0.05) is 17.1 Å². The molecule has 0 aliphatic heterocycles. The normalized spacial score (nSPS) is 16.4. The minimum atomic E-state index is -0.556. The Kier molecular flexibility index (Phi) is 4.48. The number of aliphatic hydroxyl groups excluding tert-OH is 1. The fourth-order valence-electron chi connectivity index (χ4n) is 1.80. The van der Waals surface area contributed by atoms with E-state index in [0.717, 1.165) is 10.0 Å². The summed E-state index contributed by atoms with van der Waals surface area (Å²) >= 11 is 3.45. The van der Waals surface area contributed by atoms with E-state index in [9.17, 15) is 5.11 Å². The van der Waals surface area contributed by atoms with Crippen LogP contribution in [0.25, 0.3) is 0 Å². The molecular weight excluding hydrogens is 298 g/mol. The molecule has 18 heavy (non-hydrogen) atoms. The maximum atomic E-state index is 10.2. The number of halogens is 1. The van der Waals surface area contributed by atoms with Crippen molar-refractivity contribution in [2.24, 2.45) is 0 Å². The van der Waals surface area contributed by atoms with E-state index in [-0.39, 0.29) is 0 Å². The highest BCUT2D eigenvalue weighted by molar-refractivity contribution is 9.10. The zero-order chi connectivity index (χ0) is 13.1. The zero-order valence-electron chi connectivity index (χ0n) is 10.6. The average Bonchev–Trinajstić information content (AvgIpc) is 3.19. The first-order chi connectivity index (χ1) is 8.65. The number of hydrogen-bond donors (Lipinski definition) is 2. The van der Waals surface area contributed by atoms with Crippen molar-refractivity contribution in [3.05, 3.63) is 22.2 Å². The Labute approximate surface area is 115 Å². The van der Waals surface area contributed by atoms with Crippen LogP contribution in [0, 0.1) is 0 Å². The van der Waals surface area contributed by atoms with Crippen LogP contribution >= 0.6 is 15.9 Å². The maximum absolute atomic E-state index is 10.2. The molecule has 0 amide bonds. The summed E-state index contributed by atoms with van der Waals surface area (Å²) in [5.41, 5.74) is 0.806. The second-order valence-electron chi connectivity index (χ2n) is 4.43. The van der Waals surface area contributed by atoms with Gasteiger partial charge in [-0.1, -0.05) is 15.9 Å². The summed E-state index contributed by atoms with van der Waals surface area (Å²) in [6, 6.07) is 4.20. The molecule has 1 aromatic carbocycles. The summed E-state index contributed by atoms with van der Waals surface area (Å²) in [5, 5.41) is 13.5. The highest BCUT2D eigenvalue weighted by Crippen LogP contribution is 2.36. The quantitative estimate of drug-likeness (QED) is 0.845. The summed E-state index contributed by atoms with van der Waals surface area (Å²) in [7, 11) is 3.18. The van der Waals surface area contributed by atoms with E-state index in [0.29, 0.717) is 24.1 Å². The Morgan fingerprint density at radius 3 is 2.50 bits per heavy atom. The third-order valence-electron chi connectivity index (χ3n) is 3.04. The summed E-state index contributed by atoms with van der Waals surface area (Å²) in [4.78, 5) is 0. The van der Waals surface area contributed by atoms with Crippen molar-refractivity contribution in [2.75, 3.05) is 20.8 Å². The molecule has 0 heterocycles. The number of hydrogen-bond acceptors (Lipinski definition) is 4. The minimum absolute atomic E-state index is 0.554. The van der Waals surface area contributed by atoms with Crippen molar-refractivity contribution in [1.82, 2.24) is 5.32 Å². The van der Waals surface area contributed by atoms with Gasteiger partial charge in [-0.3, -0.25) is 0 Å². The molecule has 2 rings (SSSR count). The van der Waals surface area contributed by atoms with Crippen LogP contribution in [0.2, 0.25) is 0 Å². The van der Waals surface area contributed by atoms with Crippen molar-refractivity contribution in [2.45, 2.75) is 25.0 Å². The number of rotatable bonds is 6. The number of aliphatic hydroxyl groups is 1. The van der Waals surface area contributed by atoms with E-state index in [1.165, 1.54) is 12.8 Å². The summed E-state index contributed by atoms with van der Waals surface area (Å²) in [6.45, 7) is 0.554. The smallest absolute Gasteiger partial charge is 0.161 e. The topological polar surface area (TPSA) is 50.7 Å². The molecule has 100 valence electrons. The van der Waals surface area contributed by atoms with Gasteiger partial charge in [0.25, 0.3) is 0 Å². The van der Waals surface area contributed by atoms with Crippen LogP contribution in [0.4, 0.5) is 0 Å². The van der Waals surface area contributed by atoms with Crippen LogP contribution in [0.5, 0.6) is 11.5 Å². The molecule has 1 unspecified atom stereocenters. The van der Waals surface area contributed by atoms with Crippen LogP contribution in [0.1, 0.15) is 24.5 Å². The van der Waals surface area contributed by atoms with E-state index in [1.807, 2.05) is 12.1 Å². The molecular formula is C13H18BrNO3. The Hall–Kier alpha value is -0.780. The standard InChI is InChI=1S/C13H18BrNO3/c1-17-12-5-9(10(14)6-13(12)18-2)11(16)7-15-8-3-4-8/h5-6,8,11,15-16H,3-4,7H2,1-2H3. The molecule has 1 aromatic rings. The lowest BCUT2D eigenvalue weighted by molar-refractivity contribution is 0.173. The van der Waals surface area contributed by atoms with E-state index < -0.39 is 6.10 Å². The van der Waals surface area contributed by atoms with E-state index in [4.69, 9.17) is 9.47 Å². The molecule has 1 aliphatic rings. The van der Waals surface area contributed by atoms with Gasteiger partial charge in [-0.05, 0) is 30.5 Å². The Balaban J connectivity index is 2.14. The van der Waals surface area contributed by atoms with Gasteiger partial charge < -0.3 is 19.9 Å². The molecule has 1 atom stereocenters. The van der Waals surface area contributed by atoms with Gasteiger partial charge in [-0.25, -0.2) is 0 Å². The van der Waals surface area contributed by atoms with Crippen molar-refractivity contribution in [1.29, 1.82) is 0 Å². The summed E-state index contributed by atoms with van der Waals surface area (Å²) in [5.74, 6) is 1.27. The number of methoxy groups -OCH3 is 2. The van der Waals surface area contributed by atoms with Gasteiger partial charge in [-0.15, -0.1) is 0 Å². The van der Waals surface area contributed by atoms with Crippen LogP contribution in [0.15, 0.2) is 16.6 Å². The Morgan fingerprint density at radius 1 is 1.33 bits per heavy atom. The second-order valence-corrected chi connectivity index (χ2v) is 5.28. The predicted molar refractivity (Wildman–Crippen MR) is 73.2 cm³/mol. The molecule has 0 aromatic heterocycles. The Bertz CT molecular complexity index is 421. The molecule has 0 spiro atoms. The molecule has 4 nitrogen and oxygen atoms in total. The lowest BCUT2D eigenvalue weighted by Gasteiger charge is -2.16. The fourth-order valence-corrected chi connectivity index (χ4v) is 2.39. The van der Waals surface area contributed by atoms with Gasteiger partial charge in [0.15, 0.2) is 11.5 Å². The highest BCUT2D eigenvalue weighted by atomic mass is 79.9. The zero-order valence-corrected chi connectivity index (χ0v) is 12.2. The lowest BCUT2D eigenvalue weighted by Crippen LogP contribution is -2.23. The Morgan fingerprint density at radius 2 is 1.94 bits per heavy atom. The van der Waals surface area contributed by atoms with Crippen LogP contribution in [0.3, 0.4) is 0 Å².